The molecule has 0 spiro atoms. The molecular formula is C8H6BN3O. The number of imidazole rings is 1. The Labute approximate surface area is 75.8 Å². The van der Waals surface area contributed by atoms with Crippen molar-refractivity contribution in [1.29, 1.82) is 0 Å². The van der Waals surface area contributed by atoms with Gasteiger partial charge in [-0.25, -0.2) is 4.98 Å². The molecule has 5 heteroatoms. The van der Waals surface area contributed by atoms with Gasteiger partial charge in [0.1, 0.15) is 13.5 Å². The Morgan fingerprint density at radius 3 is 3.08 bits per heavy atom. The van der Waals surface area contributed by atoms with E-state index < -0.39 is 0 Å². The molecule has 0 amide bonds. The molecule has 13 heavy (non-hydrogen) atoms. The number of carbonyl (C=O) groups excluding carboxylic acids is 1. The summed E-state index contributed by atoms with van der Waals surface area (Å²) in [4.78, 5) is 14.6. The number of fused-ring (bicyclic) bond motifs is 1. The van der Waals surface area contributed by atoms with Crippen LogP contribution in [0.4, 0.5) is 5.69 Å². The molecule has 2 N–H and O–H groups in total. The van der Waals surface area contributed by atoms with Gasteiger partial charge in [-0.15, -0.1) is 0 Å². The molecule has 2 heterocycles. The summed E-state index contributed by atoms with van der Waals surface area (Å²) in [6.07, 6.45) is 5.57. The van der Waals surface area contributed by atoms with Gasteiger partial charge in [-0.1, -0.05) is 0 Å². The lowest BCUT2D eigenvalue weighted by Crippen LogP contribution is -2.16. The lowest BCUT2D eigenvalue weighted by molar-refractivity contribution is 0.112. The van der Waals surface area contributed by atoms with Crippen molar-refractivity contribution in [3.8, 4) is 0 Å². The summed E-state index contributed by atoms with van der Waals surface area (Å²) in [5, 5.41) is 0. The maximum atomic E-state index is 10.6. The van der Waals surface area contributed by atoms with Gasteiger partial charge in [-0.3, -0.25) is 4.79 Å². The van der Waals surface area contributed by atoms with Gasteiger partial charge in [0.05, 0.1) is 5.56 Å². The minimum Gasteiger partial charge on any atom is -0.398 e. The minimum absolute atomic E-state index is 0.286. The molecule has 4 nitrogen and oxygen atoms in total. The van der Waals surface area contributed by atoms with Gasteiger partial charge in [-0.05, 0) is 5.46 Å². The SMILES string of the molecule is [B]c1c(N)c(C=O)cn2ccnc12. The summed E-state index contributed by atoms with van der Waals surface area (Å²) in [5.41, 5.74) is 7.19. The molecule has 0 bridgehead atoms. The van der Waals surface area contributed by atoms with Crippen LogP contribution >= 0.6 is 0 Å². The molecule has 0 saturated carbocycles. The first-order valence-corrected chi connectivity index (χ1v) is 3.70. The topological polar surface area (TPSA) is 60.4 Å². The molecule has 2 aromatic rings. The number of hydrogen-bond acceptors (Lipinski definition) is 3. The number of anilines is 1. The quantitative estimate of drug-likeness (QED) is 0.465. The molecule has 2 rings (SSSR count). The Bertz CT molecular complexity index is 477. The van der Waals surface area contributed by atoms with Crippen molar-refractivity contribution in [1.82, 2.24) is 9.38 Å². The van der Waals surface area contributed by atoms with Crippen molar-refractivity contribution in [2.24, 2.45) is 0 Å². The van der Waals surface area contributed by atoms with Crippen LogP contribution in [0.5, 0.6) is 0 Å². The van der Waals surface area contributed by atoms with Crippen molar-refractivity contribution in [3.05, 3.63) is 24.2 Å². The average Bonchev–Trinajstić information content (AvgIpc) is 2.59. The van der Waals surface area contributed by atoms with Crippen molar-refractivity contribution in [3.63, 3.8) is 0 Å². The number of rotatable bonds is 1. The summed E-state index contributed by atoms with van der Waals surface area (Å²) in [7, 11) is 5.67. The molecule has 0 aliphatic rings. The number of nitrogens with zero attached hydrogens (tertiary/aromatic N) is 2. The number of hydrogen-bond donors (Lipinski definition) is 1. The van der Waals surface area contributed by atoms with Crippen LogP contribution in [0, 0.1) is 0 Å². The fourth-order valence-electron chi connectivity index (χ4n) is 1.22. The van der Waals surface area contributed by atoms with Crippen LogP contribution in [0.3, 0.4) is 0 Å². The fourth-order valence-corrected chi connectivity index (χ4v) is 1.22. The normalized spacial score (nSPS) is 10.5. The van der Waals surface area contributed by atoms with Crippen LogP contribution in [-0.4, -0.2) is 23.5 Å². The number of aromatic nitrogens is 2. The smallest absolute Gasteiger partial charge is 0.153 e. The van der Waals surface area contributed by atoms with Crippen LogP contribution in [0.15, 0.2) is 18.6 Å². The van der Waals surface area contributed by atoms with E-state index in [-0.39, 0.29) is 5.69 Å². The Morgan fingerprint density at radius 1 is 1.62 bits per heavy atom. The van der Waals surface area contributed by atoms with E-state index >= 15 is 0 Å². The summed E-state index contributed by atoms with van der Waals surface area (Å²) in [5.74, 6) is 0. The average molecular weight is 171 g/mol. The van der Waals surface area contributed by atoms with E-state index in [0.29, 0.717) is 23.0 Å². The van der Waals surface area contributed by atoms with Crippen molar-refractivity contribution in [2.45, 2.75) is 0 Å². The molecule has 0 aliphatic heterocycles. The third-order valence-electron chi connectivity index (χ3n) is 1.92. The van der Waals surface area contributed by atoms with Crippen LogP contribution < -0.4 is 11.2 Å². The molecule has 0 saturated heterocycles. The third kappa shape index (κ3) is 1.01. The number of nitrogens with two attached hydrogens (primary N) is 1. The van der Waals surface area contributed by atoms with E-state index in [4.69, 9.17) is 13.6 Å². The monoisotopic (exact) mass is 171 g/mol. The standard InChI is InChI=1S/C8H6BN3O/c9-6-7(10)5(4-13)3-12-2-1-11-8(6)12/h1-4H,10H2. The maximum absolute atomic E-state index is 10.6. The van der Waals surface area contributed by atoms with E-state index in [2.05, 4.69) is 4.98 Å². The Hall–Kier alpha value is -1.78. The zero-order valence-electron chi connectivity index (χ0n) is 6.77. The zero-order valence-corrected chi connectivity index (χ0v) is 6.77. The van der Waals surface area contributed by atoms with E-state index in [1.165, 1.54) is 0 Å². The van der Waals surface area contributed by atoms with Gasteiger partial charge in [0.2, 0.25) is 0 Å². The van der Waals surface area contributed by atoms with E-state index in [1.807, 2.05) is 0 Å². The molecular weight excluding hydrogens is 165 g/mol. The van der Waals surface area contributed by atoms with Gasteiger partial charge < -0.3 is 10.1 Å². The predicted octanol–water partition coefficient (Wildman–Crippen LogP) is -0.477. The van der Waals surface area contributed by atoms with Gasteiger partial charge in [0.25, 0.3) is 0 Å². The number of nitrogen functional groups attached to an aromatic ring is 1. The van der Waals surface area contributed by atoms with Crippen molar-refractivity contribution in [2.75, 3.05) is 5.73 Å². The number of aldehydes is 1. The van der Waals surface area contributed by atoms with E-state index in [0.717, 1.165) is 0 Å². The Balaban J connectivity index is 2.91. The molecule has 2 radical (unpaired) electrons. The first-order chi connectivity index (χ1) is 6.24. The first kappa shape index (κ1) is 7.85. The van der Waals surface area contributed by atoms with E-state index in [9.17, 15) is 4.79 Å². The third-order valence-corrected chi connectivity index (χ3v) is 1.92. The van der Waals surface area contributed by atoms with Crippen molar-refractivity contribution >= 4 is 30.9 Å². The highest BCUT2D eigenvalue weighted by Gasteiger charge is 2.06. The second-order valence-electron chi connectivity index (χ2n) is 2.69. The summed E-state index contributed by atoms with van der Waals surface area (Å²) in [6.45, 7) is 0. The van der Waals surface area contributed by atoms with Crippen molar-refractivity contribution < 1.29 is 4.79 Å². The van der Waals surface area contributed by atoms with Crippen LogP contribution in [0.2, 0.25) is 0 Å². The van der Waals surface area contributed by atoms with Crippen LogP contribution in [0.25, 0.3) is 5.65 Å². The molecule has 0 unspecified atom stereocenters. The highest BCUT2D eigenvalue weighted by atomic mass is 16.1. The summed E-state index contributed by atoms with van der Waals surface area (Å²) < 4.78 is 1.66. The predicted molar refractivity (Wildman–Crippen MR) is 50.4 cm³/mol. The second kappa shape index (κ2) is 2.62. The maximum Gasteiger partial charge on any atom is 0.153 e. The highest BCUT2D eigenvalue weighted by molar-refractivity contribution is 6.40. The van der Waals surface area contributed by atoms with Gasteiger partial charge >= 0.3 is 0 Å². The van der Waals surface area contributed by atoms with Gasteiger partial charge in [0, 0.05) is 24.3 Å². The van der Waals surface area contributed by atoms with Crippen LogP contribution in [0.1, 0.15) is 10.4 Å². The fraction of sp³-hybridized carbons (Fsp3) is 0. The number of carbonyl (C=O) groups is 1. The lowest BCUT2D eigenvalue weighted by Gasteiger charge is -2.05. The van der Waals surface area contributed by atoms with E-state index in [1.54, 1.807) is 23.0 Å². The molecule has 62 valence electrons. The highest BCUT2D eigenvalue weighted by Crippen LogP contribution is 2.08. The van der Waals surface area contributed by atoms with Gasteiger partial charge in [-0.2, -0.15) is 0 Å². The number of pyridine rings is 1. The molecule has 2 aromatic heterocycles. The lowest BCUT2D eigenvalue weighted by atomic mass is 9.93. The summed E-state index contributed by atoms with van der Waals surface area (Å²) >= 11 is 0. The van der Waals surface area contributed by atoms with Crippen LogP contribution in [-0.2, 0) is 0 Å². The second-order valence-corrected chi connectivity index (χ2v) is 2.69. The Morgan fingerprint density at radius 2 is 2.38 bits per heavy atom. The summed E-state index contributed by atoms with van der Waals surface area (Å²) in [6, 6.07) is 0. The molecule has 0 fully saturated rings. The first-order valence-electron chi connectivity index (χ1n) is 3.70. The zero-order chi connectivity index (χ0) is 9.42. The molecule has 0 atom stereocenters. The molecule has 0 aromatic carbocycles. The molecule has 0 aliphatic carbocycles. The largest absolute Gasteiger partial charge is 0.398 e. The Kier molecular flexibility index (Phi) is 1.58. The van der Waals surface area contributed by atoms with Gasteiger partial charge in [0.15, 0.2) is 6.29 Å². The minimum atomic E-state index is 0.286.